The number of ketones is 1. The first-order valence-electron chi connectivity index (χ1n) is 5.84. The van der Waals surface area contributed by atoms with E-state index in [9.17, 15) is 4.79 Å². The van der Waals surface area contributed by atoms with Gasteiger partial charge in [0.2, 0.25) is 0 Å². The largest absolute Gasteiger partial charge is 0.384 e. The Kier molecular flexibility index (Phi) is 3.39. The summed E-state index contributed by atoms with van der Waals surface area (Å²) in [7, 11) is 1.65. The van der Waals surface area contributed by atoms with Crippen LogP contribution in [0, 0.1) is 5.92 Å². The molecule has 0 spiro atoms. The molecule has 2 nitrogen and oxygen atoms in total. The molecule has 1 aromatic carbocycles. The zero-order valence-electron chi connectivity index (χ0n) is 9.90. The number of methoxy groups -OCH3 is 1. The SMILES string of the molecule is COC[C@H](C)C(=O)C1CCc2ccccc21. The Morgan fingerprint density at radius 2 is 2.25 bits per heavy atom. The van der Waals surface area contributed by atoms with Gasteiger partial charge in [-0.1, -0.05) is 31.2 Å². The Morgan fingerprint density at radius 1 is 1.50 bits per heavy atom. The van der Waals surface area contributed by atoms with E-state index >= 15 is 0 Å². The standard InChI is InChI=1S/C14H18O2/c1-10(9-16-2)14(15)13-8-7-11-5-3-4-6-12(11)13/h3-6,10,13H,7-9H2,1-2H3/t10-,13?/m0/s1. The highest BCUT2D eigenvalue weighted by atomic mass is 16.5. The third-order valence-electron chi connectivity index (χ3n) is 3.38. The lowest BCUT2D eigenvalue weighted by atomic mass is 9.90. The number of rotatable bonds is 4. The van der Waals surface area contributed by atoms with Gasteiger partial charge in [-0.3, -0.25) is 4.79 Å². The van der Waals surface area contributed by atoms with E-state index in [4.69, 9.17) is 4.74 Å². The second kappa shape index (κ2) is 4.79. The highest BCUT2D eigenvalue weighted by Gasteiger charge is 2.30. The summed E-state index contributed by atoms with van der Waals surface area (Å²) in [6, 6.07) is 8.28. The molecule has 86 valence electrons. The second-order valence-electron chi connectivity index (χ2n) is 4.55. The lowest BCUT2D eigenvalue weighted by Gasteiger charge is -2.15. The number of fused-ring (bicyclic) bond motifs is 1. The molecule has 0 amide bonds. The van der Waals surface area contributed by atoms with Gasteiger partial charge in [-0.25, -0.2) is 0 Å². The first-order valence-corrected chi connectivity index (χ1v) is 5.84. The molecule has 0 bridgehead atoms. The predicted molar refractivity (Wildman–Crippen MR) is 63.6 cm³/mol. The van der Waals surface area contributed by atoms with Crippen molar-refractivity contribution in [2.45, 2.75) is 25.7 Å². The highest BCUT2D eigenvalue weighted by molar-refractivity contribution is 5.88. The van der Waals surface area contributed by atoms with Crippen molar-refractivity contribution >= 4 is 5.78 Å². The molecule has 0 saturated carbocycles. The number of hydrogen-bond acceptors (Lipinski definition) is 2. The number of Topliss-reactive ketones (excluding diaryl/α,β-unsaturated/α-hetero) is 1. The van der Waals surface area contributed by atoms with Crippen LogP contribution in [-0.4, -0.2) is 19.5 Å². The van der Waals surface area contributed by atoms with Gasteiger partial charge in [0.05, 0.1) is 6.61 Å². The molecule has 1 aliphatic rings. The van der Waals surface area contributed by atoms with Crippen molar-refractivity contribution in [1.29, 1.82) is 0 Å². The van der Waals surface area contributed by atoms with Crippen LogP contribution in [0.3, 0.4) is 0 Å². The lowest BCUT2D eigenvalue weighted by molar-refractivity contribution is -0.125. The molecule has 1 unspecified atom stereocenters. The van der Waals surface area contributed by atoms with Gasteiger partial charge < -0.3 is 4.74 Å². The third-order valence-corrected chi connectivity index (χ3v) is 3.38. The summed E-state index contributed by atoms with van der Waals surface area (Å²) in [6.07, 6.45) is 2.00. The molecule has 0 radical (unpaired) electrons. The van der Waals surface area contributed by atoms with Crippen molar-refractivity contribution in [1.82, 2.24) is 0 Å². The van der Waals surface area contributed by atoms with E-state index in [1.807, 2.05) is 19.1 Å². The summed E-state index contributed by atoms with van der Waals surface area (Å²) in [5.41, 5.74) is 2.57. The van der Waals surface area contributed by atoms with Crippen LogP contribution < -0.4 is 0 Å². The van der Waals surface area contributed by atoms with Gasteiger partial charge in [0.15, 0.2) is 0 Å². The summed E-state index contributed by atoms with van der Waals surface area (Å²) in [5, 5.41) is 0. The first-order chi connectivity index (χ1) is 7.74. The van der Waals surface area contributed by atoms with Crippen LogP contribution in [-0.2, 0) is 16.0 Å². The summed E-state index contributed by atoms with van der Waals surface area (Å²) in [4.78, 5) is 12.2. The number of carbonyl (C=O) groups excluding carboxylic acids is 1. The monoisotopic (exact) mass is 218 g/mol. The number of ether oxygens (including phenoxy) is 1. The normalized spacial score (nSPS) is 20.5. The summed E-state index contributed by atoms with van der Waals surface area (Å²) >= 11 is 0. The van der Waals surface area contributed by atoms with E-state index in [-0.39, 0.29) is 11.8 Å². The molecule has 16 heavy (non-hydrogen) atoms. The summed E-state index contributed by atoms with van der Waals surface area (Å²) in [5.74, 6) is 0.425. The van der Waals surface area contributed by atoms with Crippen molar-refractivity contribution in [2.75, 3.05) is 13.7 Å². The van der Waals surface area contributed by atoms with Gasteiger partial charge in [0.1, 0.15) is 5.78 Å². The Labute approximate surface area is 96.6 Å². The van der Waals surface area contributed by atoms with Crippen molar-refractivity contribution < 1.29 is 9.53 Å². The molecule has 1 aliphatic carbocycles. The van der Waals surface area contributed by atoms with Crippen molar-refractivity contribution in [2.24, 2.45) is 5.92 Å². The van der Waals surface area contributed by atoms with Crippen LogP contribution in [0.2, 0.25) is 0 Å². The Balaban J connectivity index is 2.16. The van der Waals surface area contributed by atoms with Gasteiger partial charge in [0, 0.05) is 18.9 Å². The minimum Gasteiger partial charge on any atom is -0.384 e. The topological polar surface area (TPSA) is 26.3 Å². The molecule has 0 heterocycles. The van der Waals surface area contributed by atoms with Crippen LogP contribution in [0.25, 0.3) is 0 Å². The van der Waals surface area contributed by atoms with Crippen LogP contribution in [0.1, 0.15) is 30.4 Å². The van der Waals surface area contributed by atoms with Gasteiger partial charge >= 0.3 is 0 Å². The fourth-order valence-electron chi connectivity index (χ4n) is 2.53. The van der Waals surface area contributed by atoms with Crippen molar-refractivity contribution in [3.8, 4) is 0 Å². The highest BCUT2D eigenvalue weighted by Crippen LogP contribution is 2.35. The Bertz CT molecular complexity index is 384. The zero-order valence-corrected chi connectivity index (χ0v) is 9.90. The molecular weight excluding hydrogens is 200 g/mol. The van der Waals surface area contributed by atoms with Crippen LogP contribution >= 0.6 is 0 Å². The molecule has 1 aromatic rings. The quantitative estimate of drug-likeness (QED) is 0.776. The molecular formula is C14H18O2. The molecule has 0 aromatic heterocycles. The minimum absolute atomic E-state index is 0.00107. The maximum absolute atomic E-state index is 12.2. The molecule has 2 atom stereocenters. The number of benzene rings is 1. The molecule has 2 heteroatoms. The Morgan fingerprint density at radius 3 is 3.00 bits per heavy atom. The average molecular weight is 218 g/mol. The molecule has 2 rings (SSSR count). The first kappa shape index (κ1) is 11.3. The van der Waals surface area contributed by atoms with Crippen molar-refractivity contribution in [3.05, 3.63) is 35.4 Å². The summed E-state index contributed by atoms with van der Waals surface area (Å²) in [6.45, 7) is 2.48. The molecule has 0 saturated heterocycles. The van der Waals surface area contributed by atoms with Crippen LogP contribution in [0.4, 0.5) is 0 Å². The van der Waals surface area contributed by atoms with E-state index in [0.717, 1.165) is 12.8 Å². The van der Waals surface area contributed by atoms with Gasteiger partial charge in [-0.2, -0.15) is 0 Å². The van der Waals surface area contributed by atoms with Gasteiger partial charge in [-0.15, -0.1) is 0 Å². The maximum Gasteiger partial charge on any atom is 0.145 e. The zero-order chi connectivity index (χ0) is 11.5. The van der Waals surface area contributed by atoms with E-state index in [1.165, 1.54) is 11.1 Å². The predicted octanol–water partition coefficient (Wildman–Crippen LogP) is 2.57. The smallest absolute Gasteiger partial charge is 0.145 e. The van der Waals surface area contributed by atoms with Gasteiger partial charge in [-0.05, 0) is 24.0 Å². The second-order valence-corrected chi connectivity index (χ2v) is 4.55. The fourth-order valence-corrected chi connectivity index (χ4v) is 2.53. The average Bonchev–Trinajstić information content (AvgIpc) is 2.72. The lowest BCUT2D eigenvalue weighted by Crippen LogP contribution is -2.22. The molecule has 0 fully saturated rings. The fraction of sp³-hybridized carbons (Fsp3) is 0.500. The maximum atomic E-state index is 12.2. The van der Waals surface area contributed by atoms with Gasteiger partial charge in [0.25, 0.3) is 0 Å². The van der Waals surface area contributed by atoms with Crippen molar-refractivity contribution in [3.63, 3.8) is 0 Å². The van der Waals surface area contributed by atoms with E-state index < -0.39 is 0 Å². The Hall–Kier alpha value is -1.15. The molecule has 0 aliphatic heterocycles. The van der Waals surface area contributed by atoms with E-state index in [1.54, 1.807) is 7.11 Å². The number of carbonyl (C=O) groups is 1. The molecule has 0 N–H and O–H groups in total. The van der Waals surface area contributed by atoms with E-state index in [2.05, 4.69) is 12.1 Å². The third kappa shape index (κ3) is 2.03. The van der Waals surface area contributed by atoms with E-state index in [0.29, 0.717) is 12.4 Å². The number of aryl methyl sites for hydroxylation is 1. The minimum atomic E-state index is 0.00107. The number of hydrogen-bond donors (Lipinski definition) is 0. The van der Waals surface area contributed by atoms with Crippen LogP contribution in [0.5, 0.6) is 0 Å². The summed E-state index contributed by atoms with van der Waals surface area (Å²) < 4.78 is 5.05. The van der Waals surface area contributed by atoms with Crippen LogP contribution in [0.15, 0.2) is 24.3 Å².